The highest BCUT2D eigenvalue weighted by Crippen LogP contribution is 2.20. The quantitative estimate of drug-likeness (QED) is 0.829. The summed E-state index contributed by atoms with van der Waals surface area (Å²) in [6.45, 7) is 5.89. The van der Waals surface area contributed by atoms with Crippen LogP contribution in [-0.4, -0.2) is 33.0 Å². The first-order chi connectivity index (χ1) is 9.08. The minimum Gasteiger partial charge on any atom is -0.384 e. The summed E-state index contributed by atoms with van der Waals surface area (Å²) in [7, 11) is 3.70. The van der Waals surface area contributed by atoms with Crippen molar-refractivity contribution in [1.82, 2.24) is 19.3 Å². The van der Waals surface area contributed by atoms with E-state index < -0.39 is 0 Å². The van der Waals surface area contributed by atoms with Crippen LogP contribution in [0.2, 0.25) is 0 Å². The lowest BCUT2D eigenvalue weighted by molar-refractivity contribution is 0.151. The molecule has 0 aliphatic carbocycles. The highest BCUT2D eigenvalue weighted by atomic mass is 32.1. The van der Waals surface area contributed by atoms with Crippen LogP contribution in [0.4, 0.5) is 0 Å². The molecule has 0 bridgehead atoms. The van der Waals surface area contributed by atoms with Gasteiger partial charge in [-0.15, -0.1) is 0 Å². The molecule has 106 valence electrons. The molecular weight excluding hydrogens is 260 g/mol. The highest BCUT2D eigenvalue weighted by molar-refractivity contribution is 7.71. The van der Waals surface area contributed by atoms with Gasteiger partial charge in [0.25, 0.3) is 0 Å². The number of hydrogen-bond donors (Lipinski definition) is 1. The summed E-state index contributed by atoms with van der Waals surface area (Å²) < 4.78 is 10.0. The van der Waals surface area contributed by atoms with Crippen LogP contribution in [0.3, 0.4) is 0 Å². The van der Waals surface area contributed by atoms with Gasteiger partial charge in [0.2, 0.25) is 0 Å². The fourth-order valence-electron chi connectivity index (χ4n) is 2.51. The fourth-order valence-corrected chi connectivity index (χ4v) is 2.77. The summed E-state index contributed by atoms with van der Waals surface area (Å²) >= 11 is 5.44. The van der Waals surface area contributed by atoms with Crippen LogP contribution in [0.25, 0.3) is 11.2 Å². The zero-order valence-corrected chi connectivity index (χ0v) is 12.9. The van der Waals surface area contributed by atoms with Gasteiger partial charge in [0.15, 0.2) is 10.4 Å². The first-order valence-electron chi connectivity index (χ1n) is 6.71. The number of ether oxygens (including phenoxy) is 1. The van der Waals surface area contributed by atoms with Gasteiger partial charge in [0.1, 0.15) is 5.52 Å². The van der Waals surface area contributed by atoms with Crippen LogP contribution >= 0.6 is 12.2 Å². The topological polar surface area (TPSA) is 47.8 Å². The van der Waals surface area contributed by atoms with E-state index in [9.17, 15) is 0 Å². The van der Waals surface area contributed by atoms with Crippen molar-refractivity contribution >= 4 is 23.4 Å². The molecule has 0 aromatic carbocycles. The number of hydrogen-bond acceptors (Lipinski definition) is 3. The number of nitrogens with one attached hydrogen (secondary N) is 1. The zero-order valence-electron chi connectivity index (χ0n) is 12.1. The Labute approximate surface area is 118 Å². The molecule has 0 saturated heterocycles. The third-order valence-electron chi connectivity index (χ3n) is 3.25. The van der Waals surface area contributed by atoms with Gasteiger partial charge in [-0.05, 0) is 24.6 Å². The monoisotopic (exact) mass is 282 g/mol. The van der Waals surface area contributed by atoms with E-state index in [1.165, 1.54) is 0 Å². The van der Waals surface area contributed by atoms with Crippen molar-refractivity contribution in [2.75, 3.05) is 13.7 Å². The molecule has 2 heterocycles. The number of aromatic amines is 1. The third kappa shape index (κ3) is 2.74. The van der Waals surface area contributed by atoms with Gasteiger partial charge in [-0.25, -0.2) is 0 Å². The first-order valence-corrected chi connectivity index (χ1v) is 7.12. The van der Waals surface area contributed by atoms with E-state index in [4.69, 9.17) is 17.0 Å². The Morgan fingerprint density at radius 1 is 1.47 bits per heavy atom. The molecule has 0 aliphatic rings. The molecule has 6 heteroatoms. The Hall–Kier alpha value is -1.14. The average Bonchev–Trinajstić information content (AvgIpc) is 2.81. The molecule has 0 aliphatic heterocycles. The van der Waals surface area contributed by atoms with Gasteiger partial charge in [0, 0.05) is 20.7 Å². The summed E-state index contributed by atoms with van der Waals surface area (Å²) in [6, 6.07) is 0. The molecule has 0 saturated carbocycles. The molecule has 0 amide bonds. The lowest BCUT2D eigenvalue weighted by atomic mass is 10.2. The summed E-state index contributed by atoms with van der Waals surface area (Å²) in [4.78, 5) is 3.30. The van der Waals surface area contributed by atoms with Crippen molar-refractivity contribution in [3.63, 3.8) is 0 Å². The number of aromatic nitrogens is 4. The number of H-pyrrole nitrogens is 1. The van der Waals surface area contributed by atoms with Gasteiger partial charge in [-0.3, -0.25) is 4.68 Å². The van der Waals surface area contributed by atoms with E-state index in [1.807, 2.05) is 11.7 Å². The van der Waals surface area contributed by atoms with E-state index in [0.29, 0.717) is 5.92 Å². The van der Waals surface area contributed by atoms with Crippen LogP contribution in [0.5, 0.6) is 0 Å². The van der Waals surface area contributed by atoms with Crippen LogP contribution in [0.15, 0.2) is 0 Å². The standard InChI is InChI=1S/C13H22N4OS/c1-5-6-10-11-12(16(3)15-10)17(13(19)14-11)7-9(2)8-18-4/h9H,5-8H2,1-4H3,(H,14,19). The minimum absolute atomic E-state index is 0.417. The number of nitrogens with zero attached hydrogens (tertiary/aromatic N) is 3. The number of aryl methyl sites for hydroxylation is 2. The lowest BCUT2D eigenvalue weighted by Gasteiger charge is -2.11. The maximum absolute atomic E-state index is 5.44. The molecule has 0 spiro atoms. The number of methoxy groups -OCH3 is 1. The molecule has 19 heavy (non-hydrogen) atoms. The number of imidazole rings is 1. The molecule has 1 N–H and O–H groups in total. The van der Waals surface area contributed by atoms with Crippen LogP contribution in [-0.2, 0) is 24.8 Å². The molecule has 0 radical (unpaired) electrons. The van der Waals surface area contributed by atoms with E-state index >= 15 is 0 Å². The molecule has 5 nitrogen and oxygen atoms in total. The van der Waals surface area contributed by atoms with Gasteiger partial charge in [-0.1, -0.05) is 20.3 Å². The molecule has 1 unspecified atom stereocenters. The molecule has 0 fully saturated rings. The number of fused-ring (bicyclic) bond motifs is 1. The predicted molar refractivity (Wildman–Crippen MR) is 78.9 cm³/mol. The molecule has 2 aromatic rings. The summed E-state index contributed by atoms with van der Waals surface area (Å²) in [5, 5.41) is 4.58. The second kappa shape index (κ2) is 5.88. The van der Waals surface area contributed by atoms with Crippen LogP contribution < -0.4 is 0 Å². The Kier molecular flexibility index (Phi) is 4.42. The maximum atomic E-state index is 5.44. The third-order valence-corrected chi connectivity index (χ3v) is 3.58. The van der Waals surface area contributed by atoms with Gasteiger partial charge < -0.3 is 14.3 Å². The summed E-state index contributed by atoms with van der Waals surface area (Å²) in [6.07, 6.45) is 2.05. The van der Waals surface area contributed by atoms with Crippen molar-refractivity contribution in [2.24, 2.45) is 13.0 Å². The Morgan fingerprint density at radius 3 is 2.84 bits per heavy atom. The second-order valence-corrected chi connectivity index (χ2v) is 5.51. The van der Waals surface area contributed by atoms with Crippen LogP contribution in [0, 0.1) is 10.7 Å². The predicted octanol–water partition coefficient (Wildman–Crippen LogP) is 2.67. The van der Waals surface area contributed by atoms with Crippen molar-refractivity contribution in [1.29, 1.82) is 0 Å². The summed E-state index contributed by atoms with van der Waals surface area (Å²) in [5.74, 6) is 0.417. The van der Waals surface area contributed by atoms with E-state index in [-0.39, 0.29) is 0 Å². The smallest absolute Gasteiger partial charge is 0.179 e. The van der Waals surface area contributed by atoms with Crippen molar-refractivity contribution in [3.8, 4) is 0 Å². The Morgan fingerprint density at radius 2 is 2.21 bits per heavy atom. The Bertz CT molecular complexity index is 610. The van der Waals surface area contributed by atoms with Crippen molar-refractivity contribution in [2.45, 2.75) is 33.2 Å². The first kappa shape index (κ1) is 14.3. The molecule has 2 rings (SSSR count). The fraction of sp³-hybridized carbons (Fsp3) is 0.692. The van der Waals surface area contributed by atoms with E-state index in [2.05, 4.69) is 28.5 Å². The SMILES string of the molecule is CCCc1nn(C)c2c1[nH]c(=S)n2CC(C)COC. The van der Waals surface area contributed by atoms with Gasteiger partial charge in [0.05, 0.1) is 12.3 Å². The maximum Gasteiger partial charge on any atom is 0.179 e. The molecule has 2 aromatic heterocycles. The molecular formula is C13H22N4OS. The lowest BCUT2D eigenvalue weighted by Crippen LogP contribution is -2.14. The van der Waals surface area contributed by atoms with E-state index in [1.54, 1.807) is 7.11 Å². The highest BCUT2D eigenvalue weighted by Gasteiger charge is 2.16. The van der Waals surface area contributed by atoms with E-state index in [0.717, 1.165) is 47.6 Å². The molecule has 1 atom stereocenters. The average molecular weight is 282 g/mol. The normalized spacial score (nSPS) is 13.3. The second-order valence-electron chi connectivity index (χ2n) is 5.12. The Balaban J connectivity index is 2.44. The largest absolute Gasteiger partial charge is 0.384 e. The zero-order chi connectivity index (χ0) is 14.0. The van der Waals surface area contributed by atoms with Gasteiger partial charge >= 0.3 is 0 Å². The van der Waals surface area contributed by atoms with Crippen molar-refractivity contribution in [3.05, 3.63) is 10.5 Å². The minimum atomic E-state index is 0.417. The van der Waals surface area contributed by atoms with Gasteiger partial charge in [-0.2, -0.15) is 5.10 Å². The van der Waals surface area contributed by atoms with Crippen LogP contribution in [0.1, 0.15) is 26.0 Å². The summed E-state index contributed by atoms with van der Waals surface area (Å²) in [5.41, 5.74) is 3.26. The van der Waals surface area contributed by atoms with Crippen molar-refractivity contribution < 1.29 is 4.74 Å². The number of rotatable bonds is 6.